The number of hydrogen-bond donors (Lipinski definition) is 2. The van der Waals surface area contributed by atoms with Gasteiger partial charge in [0, 0.05) is 18.1 Å². The second-order valence-corrected chi connectivity index (χ2v) is 4.33. The van der Waals surface area contributed by atoms with Gasteiger partial charge in [0.05, 0.1) is 23.5 Å². The Balaban J connectivity index is 2.18. The number of carboxylic acid groups (broad SMARTS) is 1. The predicted molar refractivity (Wildman–Crippen MR) is 72.2 cm³/mol. The highest BCUT2D eigenvalue weighted by molar-refractivity contribution is 5.88. The number of nitrogens with zero attached hydrogens (tertiary/aromatic N) is 2. The van der Waals surface area contributed by atoms with Gasteiger partial charge in [0.15, 0.2) is 0 Å². The topological polar surface area (TPSA) is 75.1 Å². The Morgan fingerprint density at radius 3 is 2.74 bits per heavy atom. The third kappa shape index (κ3) is 3.07. The molecule has 0 radical (unpaired) electrons. The number of aromatic nitrogens is 2. The first kappa shape index (κ1) is 13.0. The van der Waals surface area contributed by atoms with E-state index in [2.05, 4.69) is 15.3 Å². The van der Waals surface area contributed by atoms with Gasteiger partial charge in [0.2, 0.25) is 0 Å². The highest BCUT2D eigenvalue weighted by Gasteiger charge is 2.10. The van der Waals surface area contributed by atoms with Crippen LogP contribution in [0.3, 0.4) is 0 Å². The molecule has 0 spiro atoms. The van der Waals surface area contributed by atoms with E-state index >= 15 is 0 Å². The summed E-state index contributed by atoms with van der Waals surface area (Å²) in [5.41, 5.74) is 2.90. The van der Waals surface area contributed by atoms with Crippen molar-refractivity contribution < 1.29 is 9.90 Å². The van der Waals surface area contributed by atoms with Gasteiger partial charge in [0.1, 0.15) is 0 Å². The fraction of sp³-hybridized carbons (Fsp3) is 0.214. The van der Waals surface area contributed by atoms with Crippen molar-refractivity contribution in [3.05, 3.63) is 53.6 Å². The predicted octanol–water partition coefficient (Wildman–Crippen LogP) is 2.66. The van der Waals surface area contributed by atoms with Crippen LogP contribution in [0.15, 0.2) is 36.8 Å². The maximum atomic E-state index is 10.9. The highest BCUT2D eigenvalue weighted by atomic mass is 16.4. The second kappa shape index (κ2) is 5.48. The summed E-state index contributed by atoms with van der Waals surface area (Å²) in [6, 6.07) is 5.00. The zero-order valence-electron chi connectivity index (χ0n) is 10.8. The van der Waals surface area contributed by atoms with Crippen molar-refractivity contribution in [1.29, 1.82) is 0 Å². The van der Waals surface area contributed by atoms with E-state index in [1.807, 2.05) is 13.8 Å². The van der Waals surface area contributed by atoms with Gasteiger partial charge >= 0.3 is 5.97 Å². The summed E-state index contributed by atoms with van der Waals surface area (Å²) in [6.45, 7) is 3.85. The van der Waals surface area contributed by atoms with Gasteiger partial charge in [-0.1, -0.05) is 0 Å². The third-order valence-electron chi connectivity index (χ3n) is 2.87. The van der Waals surface area contributed by atoms with Crippen molar-refractivity contribution in [3.8, 4) is 0 Å². The third-order valence-corrected chi connectivity index (χ3v) is 2.87. The average molecular weight is 257 g/mol. The fourth-order valence-electron chi connectivity index (χ4n) is 1.80. The van der Waals surface area contributed by atoms with E-state index in [-0.39, 0.29) is 11.6 Å². The lowest BCUT2D eigenvalue weighted by atomic mass is 10.1. The zero-order chi connectivity index (χ0) is 13.8. The molecule has 1 atom stereocenters. The Morgan fingerprint density at radius 2 is 2.16 bits per heavy atom. The summed E-state index contributed by atoms with van der Waals surface area (Å²) in [5, 5.41) is 12.2. The van der Waals surface area contributed by atoms with Crippen molar-refractivity contribution in [2.24, 2.45) is 0 Å². The molecule has 0 bridgehead atoms. The molecule has 2 rings (SSSR count). The molecular formula is C14H15N3O2. The first-order valence-electron chi connectivity index (χ1n) is 5.94. The summed E-state index contributed by atoms with van der Waals surface area (Å²) in [7, 11) is 0. The first-order valence-corrected chi connectivity index (χ1v) is 5.94. The van der Waals surface area contributed by atoms with Crippen molar-refractivity contribution in [2.45, 2.75) is 19.9 Å². The number of aryl methyl sites for hydroxylation is 1. The number of anilines is 1. The number of rotatable bonds is 4. The smallest absolute Gasteiger partial charge is 0.335 e. The molecule has 0 amide bonds. The summed E-state index contributed by atoms with van der Waals surface area (Å²) in [6.07, 6.45) is 4.98. The number of aromatic carboxylic acids is 1. The van der Waals surface area contributed by atoms with E-state index < -0.39 is 5.97 Å². The van der Waals surface area contributed by atoms with Crippen molar-refractivity contribution in [3.63, 3.8) is 0 Å². The molecule has 98 valence electrons. The Labute approximate surface area is 111 Å². The van der Waals surface area contributed by atoms with Crippen LogP contribution in [0.4, 0.5) is 5.69 Å². The Hall–Kier alpha value is -2.43. The van der Waals surface area contributed by atoms with Gasteiger partial charge in [0.25, 0.3) is 0 Å². The van der Waals surface area contributed by atoms with Crippen LogP contribution in [-0.2, 0) is 0 Å². The van der Waals surface area contributed by atoms with Crippen molar-refractivity contribution in [1.82, 2.24) is 9.97 Å². The molecule has 2 aromatic rings. The number of benzene rings is 1. The maximum Gasteiger partial charge on any atom is 0.335 e. The van der Waals surface area contributed by atoms with Crippen LogP contribution < -0.4 is 5.32 Å². The van der Waals surface area contributed by atoms with E-state index in [0.717, 1.165) is 16.9 Å². The largest absolute Gasteiger partial charge is 0.478 e. The molecule has 2 N–H and O–H groups in total. The van der Waals surface area contributed by atoms with Crippen LogP contribution in [0.1, 0.15) is 34.6 Å². The molecule has 0 aliphatic heterocycles. The van der Waals surface area contributed by atoms with E-state index in [0.29, 0.717) is 0 Å². The maximum absolute atomic E-state index is 10.9. The van der Waals surface area contributed by atoms with E-state index in [1.165, 1.54) is 0 Å². The minimum Gasteiger partial charge on any atom is -0.478 e. The molecule has 1 heterocycles. The summed E-state index contributed by atoms with van der Waals surface area (Å²) in [5.74, 6) is -0.920. The molecule has 0 fully saturated rings. The fourth-order valence-corrected chi connectivity index (χ4v) is 1.80. The summed E-state index contributed by atoms with van der Waals surface area (Å²) < 4.78 is 0. The lowest BCUT2D eigenvalue weighted by Gasteiger charge is -2.16. The Bertz CT molecular complexity index is 584. The molecule has 1 unspecified atom stereocenters. The molecule has 19 heavy (non-hydrogen) atoms. The molecular weight excluding hydrogens is 242 g/mol. The van der Waals surface area contributed by atoms with Crippen LogP contribution >= 0.6 is 0 Å². The lowest BCUT2D eigenvalue weighted by molar-refractivity contribution is 0.0697. The zero-order valence-corrected chi connectivity index (χ0v) is 10.8. The molecule has 1 aromatic heterocycles. The lowest BCUT2D eigenvalue weighted by Crippen LogP contribution is -2.10. The molecule has 5 heteroatoms. The van der Waals surface area contributed by atoms with Gasteiger partial charge in [-0.05, 0) is 37.6 Å². The minimum atomic E-state index is -0.920. The Morgan fingerprint density at radius 1 is 1.37 bits per heavy atom. The number of carbonyl (C=O) groups is 1. The van der Waals surface area contributed by atoms with Gasteiger partial charge < -0.3 is 10.4 Å². The van der Waals surface area contributed by atoms with E-state index in [4.69, 9.17) is 5.11 Å². The number of nitrogens with one attached hydrogen (secondary N) is 1. The second-order valence-electron chi connectivity index (χ2n) is 4.33. The summed E-state index contributed by atoms with van der Waals surface area (Å²) >= 11 is 0. The van der Waals surface area contributed by atoms with Crippen molar-refractivity contribution in [2.75, 3.05) is 5.32 Å². The molecule has 0 saturated carbocycles. The first-order chi connectivity index (χ1) is 9.08. The van der Waals surface area contributed by atoms with Crippen LogP contribution in [0.5, 0.6) is 0 Å². The highest BCUT2D eigenvalue weighted by Crippen LogP contribution is 2.21. The van der Waals surface area contributed by atoms with Crippen LogP contribution in [0.25, 0.3) is 0 Å². The van der Waals surface area contributed by atoms with Gasteiger partial charge in [-0.3, -0.25) is 9.97 Å². The van der Waals surface area contributed by atoms with E-state index in [1.54, 1.807) is 36.8 Å². The van der Waals surface area contributed by atoms with Gasteiger partial charge in [-0.25, -0.2) is 4.79 Å². The number of hydrogen-bond acceptors (Lipinski definition) is 4. The monoisotopic (exact) mass is 257 g/mol. The molecule has 0 saturated heterocycles. The molecule has 0 aliphatic rings. The quantitative estimate of drug-likeness (QED) is 0.880. The average Bonchev–Trinajstić information content (AvgIpc) is 2.41. The minimum absolute atomic E-state index is 0.00285. The van der Waals surface area contributed by atoms with Crippen LogP contribution in [0.2, 0.25) is 0 Å². The van der Waals surface area contributed by atoms with Gasteiger partial charge in [-0.2, -0.15) is 0 Å². The van der Waals surface area contributed by atoms with Crippen molar-refractivity contribution >= 4 is 11.7 Å². The number of carboxylic acids is 1. The molecule has 1 aromatic carbocycles. The Kier molecular flexibility index (Phi) is 3.75. The normalized spacial score (nSPS) is 11.9. The summed E-state index contributed by atoms with van der Waals surface area (Å²) in [4.78, 5) is 19.1. The molecule has 0 aliphatic carbocycles. The van der Waals surface area contributed by atoms with Gasteiger partial charge in [-0.15, -0.1) is 0 Å². The van der Waals surface area contributed by atoms with Crippen LogP contribution in [-0.4, -0.2) is 21.0 Å². The standard InChI is InChI=1S/C14H15N3O2/c1-9-7-11(14(18)19)3-4-12(9)17-10(2)13-8-15-5-6-16-13/h3-8,10,17H,1-2H3,(H,18,19). The van der Waals surface area contributed by atoms with E-state index in [9.17, 15) is 4.79 Å². The SMILES string of the molecule is Cc1cc(C(=O)O)ccc1NC(C)c1cnccn1. The molecule has 5 nitrogen and oxygen atoms in total. The van der Waals surface area contributed by atoms with Crippen LogP contribution in [0, 0.1) is 6.92 Å².